The van der Waals surface area contributed by atoms with Crippen molar-refractivity contribution in [2.75, 3.05) is 44.6 Å². The van der Waals surface area contributed by atoms with Gasteiger partial charge in [-0.05, 0) is 44.9 Å². The van der Waals surface area contributed by atoms with Gasteiger partial charge >= 0.3 is 6.09 Å². The number of nitrogens with two attached hydrogens (primary N) is 1. The second-order valence-electron chi connectivity index (χ2n) is 7.75. The zero-order valence-corrected chi connectivity index (χ0v) is 19.7. The van der Waals surface area contributed by atoms with E-state index in [1.54, 1.807) is 4.90 Å². The summed E-state index contributed by atoms with van der Waals surface area (Å²) in [5.74, 6) is 0.427. The Kier molecular flexibility index (Phi) is 10.0. The number of halogens is 1. The Balaban J connectivity index is 0.00000392. The van der Waals surface area contributed by atoms with Crippen LogP contribution in [0.15, 0.2) is 29.3 Å². The highest BCUT2D eigenvalue weighted by Gasteiger charge is 2.25. The smallest absolute Gasteiger partial charge is 0.410 e. The number of ether oxygens (including phenoxy) is 1. The minimum atomic E-state index is -0.454. The molecule has 8 heteroatoms. The van der Waals surface area contributed by atoms with E-state index in [0.717, 1.165) is 31.7 Å². The second-order valence-corrected chi connectivity index (χ2v) is 7.75. The van der Waals surface area contributed by atoms with Crippen LogP contribution in [0.2, 0.25) is 0 Å². The molecule has 0 spiro atoms. The van der Waals surface area contributed by atoms with Gasteiger partial charge in [0.1, 0.15) is 5.60 Å². The number of piperazine rings is 1. The van der Waals surface area contributed by atoms with Gasteiger partial charge in [-0.2, -0.15) is 0 Å². The molecule has 3 N–H and O–H groups in total. The molecule has 0 unspecified atom stereocenters. The van der Waals surface area contributed by atoms with Crippen LogP contribution in [0.25, 0.3) is 0 Å². The third-order valence-electron chi connectivity index (χ3n) is 4.33. The largest absolute Gasteiger partial charge is 0.444 e. The molecule has 0 aromatic heterocycles. The maximum atomic E-state index is 12.1. The fourth-order valence-corrected chi connectivity index (χ4v) is 2.85. The molecule has 28 heavy (non-hydrogen) atoms. The van der Waals surface area contributed by atoms with Crippen molar-refractivity contribution in [3.63, 3.8) is 0 Å². The molecule has 2 rings (SSSR count). The fraction of sp³-hybridized carbons (Fsp3) is 0.600. The number of nitrogens with one attached hydrogen (secondary N) is 1. The molecule has 0 atom stereocenters. The van der Waals surface area contributed by atoms with Crippen LogP contribution in [-0.2, 0) is 11.2 Å². The van der Waals surface area contributed by atoms with Crippen molar-refractivity contribution in [2.45, 2.75) is 39.7 Å². The van der Waals surface area contributed by atoms with Gasteiger partial charge in [0.25, 0.3) is 0 Å². The average Bonchev–Trinajstić information content (AvgIpc) is 2.61. The van der Waals surface area contributed by atoms with Crippen LogP contribution in [0.4, 0.5) is 10.5 Å². The van der Waals surface area contributed by atoms with Crippen molar-refractivity contribution in [2.24, 2.45) is 10.7 Å². The van der Waals surface area contributed by atoms with E-state index in [1.165, 1.54) is 5.56 Å². The zero-order valence-electron chi connectivity index (χ0n) is 17.4. The SMILES string of the molecule is CCc1cccc(NC(N)=NCCN2CCN(C(=O)OC(C)(C)C)CC2)c1.I. The molecule has 1 aliphatic rings. The van der Waals surface area contributed by atoms with E-state index in [2.05, 4.69) is 34.3 Å². The number of hydrogen-bond donors (Lipinski definition) is 2. The van der Waals surface area contributed by atoms with Crippen molar-refractivity contribution in [3.05, 3.63) is 29.8 Å². The highest BCUT2D eigenvalue weighted by atomic mass is 127. The molecule has 1 heterocycles. The molecular formula is C20H34IN5O2. The molecule has 0 saturated carbocycles. The number of carbonyl (C=O) groups is 1. The summed E-state index contributed by atoms with van der Waals surface area (Å²) in [4.78, 5) is 20.5. The first-order valence-electron chi connectivity index (χ1n) is 9.63. The Morgan fingerprint density at radius 1 is 1.25 bits per heavy atom. The van der Waals surface area contributed by atoms with Gasteiger partial charge in [-0.25, -0.2) is 4.79 Å². The first-order valence-corrected chi connectivity index (χ1v) is 9.63. The van der Waals surface area contributed by atoms with Gasteiger partial charge < -0.3 is 20.7 Å². The van der Waals surface area contributed by atoms with E-state index in [-0.39, 0.29) is 30.1 Å². The maximum Gasteiger partial charge on any atom is 0.410 e. The first-order chi connectivity index (χ1) is 12.8. The second kappa shape index (κ2) is 11.5. The van der Waals surface area contributed by atoms with Gasteiger partial charge in [0.15, 0.2) is 5.96 Å². The van der Waals surface area contributed by atoms with Gasteiger partial charge in [-0.15, -0.1) is 24.0 Å². The number of hydrogen-bond acceptors (Lipinski definition) is 4. The predicted molar refractivity (Wildman–Crippen MR) is 126 cm³/mol. The Hall–Kier alpha value is -1.55. The third-order valence-corrected chi connectivity index (χ3v) is 4.33. The molecule has 1 aromatic carbocycles. The van der Waals surface area contributed by atoms with E-state index >= 15 is 0 Å². The topological polar surface area (TPSA) is 83.2 Å². The summed E-state index contributed by atoms with van der Waals surface area (Å²) in [7, 11) is 0. The van der Waals surface area contributed by atoms with Crippen LogP contribution in [0.1, 0.15) is 33.3 Å². The summed E-state index contributed by atoms with van der Waals surface area (Å²) in [6, 6.07) is 8.17. The molecule has 0 radical (unpaired) electrons. The number of nitrogens with zero attached hydrogens (tertiary/aromatic N) is 3. The molecule has 1 saturated heterocycles. The number of aliphatic imine (C=N–C) groups is 1. The number of rotatable bonds is 5. The van der Waals surface area contributed by atoms with Crippen molar-refractivity contribution < 1.29 is 9.53 Å². The molecule has 1 fully saturated rings. The average molecular weight is 503 g/mol. The van der Waals surface area contributed by atoms with E-state index in [4.69, 9.17) is 10.5 Å². The summed E-state index contributed by atoms with van der Waals surface area (Å²) in [6.07, 6.45) is 0.755. The third kappa shape index (κ3) is 8.64. The standard InChI is InChI=1S/C20H33N5O2.HI/c1-5-16-7-6-8-17(15-16)23-18(21)22-9-10-24-11-13-25(14-12-24)19(26)27-20(2,3)4;/h6-8,15H,5,9-14H2,1-4H3,(H3,21,22,23);1H. The summed E-state index contributed by atoms with van der Waals surface area (Å²) in [6.45, 7) is 12.2. The number of guanidine groups is 1. The van der Waals surface area contributed by atoms with E-state index < -0.39 is 5.60 Å². The molecule has 0 bridgehead atoms. The van der Waals surface area contributed by atoms with Crippen LogP contribution >= 0.6 is 24.0 Å². The summed E-state index contributed by atoms with van der Waals surface area (Å²) < 4.78 is 5.42. The lowest BCUT2D eigenvalue weighted by Gasteiger charge is -2.35. The summed E-state index contributed by atoms with van der Waals surface area (Å²) in [5, 5.41) is 3.14. The van der Waals surface area contributed by atoms with Crippen molar-refractivity contribution in [1.82, 2.24) is 9.80 Å². The summed E-state index contributed by atoms with van der Waals surface area (Å²) in [5.41, 5.74) is 7.75. The van der Waals surface area contributed by atoms with Crippen LogP contribution < -0.4 is 11.1 Å². The van der Waals surface area contributed by atoms with E-state index in [9.17, 15) is 4.79 Å². The Labute approximate surface area is 185 Å². The van der Waals surface area contributed by atoms with Crippen LogP contribution in [0, 0.1) is 0 Å². The monoisotopic (exact) mass is 503 g/mol. The van der Waals surface area contributed by atoms with Crippen molar-refractivity contribution in [3.8, 4) is 0 Å². The number of aryl methyl sites for hydroxylation is 1. The highest BCUT2D eigenvalue weighted by molar-refractivity contribution is 14.0. The predicted octanol–water partition coefficient (Wildman–Crippen LogP) is 3.15. The fourth-order valence-electron chi connectivity index (χ4n) is 2.85. The van der Waals surface area contributed by atoms with Gasteiger partial charge in [0.05, 0.1) is 6.54 Å². The van der Waals surface area contributed by atoms with Crippen LogP contribution in [-0.4, -0.2) is 66.7 Å². The molecule has 1 aromatic rings. The zero-order chi connectivity index (χ0) is 19.9. The molecule has 158 valence electrons. The Bertz CT molecular complexity index is 652. The number of anilines is 1. The van der Waals surface area contributed by atoms with Gasteiger partial charge in [0.2, 0.25) is 0 Å². The minimum Gasteiger partial charge on any atom is -0.444 e. The number of benzene rings is 1. The number of amides is 1. The van der Waals surface area contributed by atoms with E-state index in [0.29, 0.717) is 25.6 Å². The molecule has 1 aliphatic heterocycles. The lowest BCUT2D eigenvalue weighted by atomic mass is 10.1. The van der Waals surface area contributed by atoms with Gasteiger partial charge in [-0.1, -0.05) is 19.1 Å². The normalized spacial score (nSPS) is 15.7. The lowest BCUT2D eigenvalue weighted by Crippen LogP contribution is -2.50. The Morgan fingerprint density at radius 3 is 2.54 bits per heavy atom. The van der Waals surface area contributed by atoms with Crippen LogP contribution in [0.5, 0.6) is 0 Å². The molecule has 0 aliphatic carbocycles. The summed E-state index contributed by atoms with van der Waals surface area (Å²) >= 11 is 0. The molecule has 7 nitrogen and oxygen atoms in total. The maximum absolute atomic E-state index is 12.1. The number of carbonyl (C=O) groups excluding carboxylic acids is 1. The quantitative estimate of drug-likeness (QED) is 0.367. The highest BCUT2D eigenvalue weighted by Crippen LogP contribution is 2.12. The first kappa shape index (κ1) is 24.5. The molecular weight excluding hydrogens is 469 g/mol. The lowest BCUT2D eigenvalue weighted by molar-refractivity contribution is 0.0148. The van der Waals surface area contributed by atoms with Gasteiger partial charge in [0, 0.05) is 38.4 Å². The Morgan fingerprint density at radius 2 is 1.93 bits per heavy atom. The van der Waals surface area contributed by atoms with E-state index in [1.807, 2.05) is 32.9 Å². The van der Waals surface area contributed by atoms with Crippen molar-refractivity contribution in [1.29, 1.82) is 0 Å². The molecule has 1 amide bonds. The minimum absolute atomic E-state index is 0. The van der Waals surface area contributed by atoms with Crippen LogP contribution in [0.3, 0.4) is 0 Å². The van der Waals surface area contributed by atoms with Crippen molar-refractivity contribution >= 4 is 41.7 Å². The van der Waals surface area contributed by atoms with Gasteiger partial charge in [-0.3, -0.25) is 9.89 Å².